The molecule has 0 amide bonds. The van der Waals surface area contributed by atoms with Gasteiger partial charge in [-0.05, 0) is 25.5 Å². The first-order valence-corrected chi connectivity index (χ1v) is 4.65. The van der Waals surface area contributed by atoms with E-state index >= 15 is 0 Å². The third-order valence-corrected chi connectivity index (χ3v) is 1.95. The van der Waals surface area contributed by atoms with Crippen molar-refractivity contribution >= 4 is 0 Å². The Morgan fingerprint density at radius 1 is 1.69 bits per heavy atom. The molecule has 13 heavy (non-hydrogen) atoms. The number of nitrogens with one attached hydrogen (secondary N) is 1. The molecule has 1 heterocycles. The van der Waals surface area contributed by atoms with Crippen LogP contribution in [0, 0.1) is 0 Å². The number of hydrogen-bond acceptors (Lipinski definition) is 2. The Kier molecular flexibility index (Phi) is 3.77. The summed E-state index contributed by atoms with van der Waals surface area (Å²) in [4.78, 5) is 0. The van der Waals surface area contributed by atoms with Crippen LogP contribution in [0.3, 0.4) is 0 Å². The SMILES string of the molecule is C=C(C)CNC(CC)c1ccco1. The molecular formula is C11H17NO. The summed E-state index contributed by atoms with van der Waals surface area (Å²) in [5, 5.41) is 3.38. The highest BCUT2D eigenvalue weighted by molar-refractivity contribution is 5.05. The fourth-order valence-electron chi connectivity index (χ4n) is 1.23. The van der Waals surface area contributed by atoms with Crippen LogP contribution >= 0.6 is 0 Å². The minimum atomic E-state index is 0.312. The van der Waals surface area contributed by atoms with Gasteiger partial charge in [-0.15, -0.1) is 0 Å². The van der Waals surface area contributed by atoms with Crippen LogP contribution in [0.5, 0.6) is 0 Å². The summed E-state index contributed by atoms with van der Waals surface area (Å²) in [7, 11) is 0. The molecule has 0 aliphatic rings. The molecule has 1 unspecified atom stereocenters. The van der Waals surface area contributed by atoms with Gasteiger partial charge < -0.3 is 9.73 Å². The minimum Gasteiger partial charge on any atom is -0.468 e. The maximum Gasteiger partial charge on any atom is 0.120 e. The molecule has 0 radical (unpaired) electrons. The van der Waals surface area contributed by atoms with Crippen molar-refractivity contribution in [1.82, 2.24) is 5.32 Å². The summed E-state index contributed by atoms with van der Waals surface area (Å²) in [5.41, 5.74) is 1.14. The zero-order valence-corrected chi connectivity index (χ0v) is 8.34. The van der Waals surface area contributed by atoms with E-state index < -0.39 is 0 Å². The Bertz CT molecular complexity index is 251. The van der Waals surface area contributed by atoms with E-state index in [1.54, 1.807) is 6.26 Å². The quantitative estimate of drug-likeness (QED) is 0.703. The van der Waals surface area contributed by atoms with Crippen LogP contribution in [0.4, 0.5) is 0 Å². The summed E-state index contributed by atoms with van der Waals surface area (Å²) >= 11 is 0. The molecule has 0 saturated heterocycles. The molecule has 1 rings (SSSR count). The Morgan fingerprint density at radius 3 is 2.92 bits per heavy atom. The zero-order chi connectivity index (χ0) is 9.68. The number of hydrogen-bond donors (Lipinski definition) is 1. The van der Waals surface area contributed by atoms with Gasteiger partial charge in [-0.1, -0.05) is 19.1 Å². The highest BCUT2D eigenvalue weighted by Crippen LogP contribution is 2.16. The van der Waals surface area contributed by atoms with E-state index in [1.807, 2.05) is 19.1 Å². The van der Waals surface area contributed by atoms with E-state index in [2.05, 4.69) is 18.8 Å². The van der Waals surface area contributed by atoms with E-state index in [9.17, 15) is 0 Å². The van der Waals surface area contributed by atoms with Gasteiger partial charge in [-0.25, -0.2) is 0 Å². The van der Waals surface area contributed by atoms with Crippen LogP contribution in [0.2, 0.25) is 0 Å². The van der Waals surface area contributed by atoms with Crippen molar-refractivity contribution in [2.24, 2.45) is 0 Å². The number of rotatable bonds is 5. The molecule has 0 aliphatic carbocycles. The van der Waals surface area contributed by atoms with Crippen LogP contribution < -0.4 is 5.32 Å². The molecule has 0 aromatic carbocycles. The molecular weight excluding hydrogens is 162 g/mol. The standard InChI is InChI=1S/C11H17NO/c1-4-10(12-8-9(2)3)11-6-5-7-13-11/h5-7,10,12H,2,4,8H2,1,3H3. The van der Waals surface area contributed by atoms with Crippen LogP contribution in [0.25, 0.3) is 0 Å². The van der Waals surface area contributed by atoms with Crippen LogP contribution in [-0.4, -0.2) is 6.54 Å². The lowest BCUT2D eigenvalue weighted by molar-refractivity contribution is 0.413. The monoisotopic (exact) mass is 179 g/mol. The summed E-state index contributed by atoms with van der Waals surface area (Å²) in [6.07, 6.45) is 2.74. The van der Waals surface area contributed by atoms with Crippen LogP contribution in [0.15, 0.2) is 35.0 Å². The topological polar surface area (TPSA) is 25.2 Å². The van der Waals surface area contributed by atoms with E-state index in [1.165, 1.54) is 0 Å². The van der Waals surface area contributed by atoms with Crippen molar-refractivity contribution in [2.45, 2.75) is 26.3 Å². The number of furan rings is 1. The van der Waals surface area contributed by atoms with Crippen molar-refractivity contribution in [3.05, 3.63) is 36.3 Å². The van der Waals surface area contributed by atoms with Gasteiger partial charge in [0.15, 0.2) is 0 Å². The van der Waals surface area contributed by atoms with Crippen molar-refractivity contribution in [3.63, 3.8) is 0 Å². The lowest BCUT2D eigenvalue weighted by Crippen LogP contribution is -2.21. The fraction of sp³-hybridized carbons (Fsp3) is 0.455. The van der Waals surface area contributed by atoms with E-state index in [4.69, 9.17) is 4.42 Å². The van der Waals surface area contributed by atoms with Gasteiger partial charge in [-0.2, -0.15) is 0 Å². The molecule has 1 N–H and O–H groups in total. The molecule has 1 aromatic rings. The van der Waals surface area contributed by atoms with Crippen LogP contribution in [0.1, 0.15) is 32.1 Å². The smallest absolute Gasteiger partial charge is 0.120 e. The van der Waals surface area contributed by atoms with Crippen molar-refractivity contribution in [3.8, 4) is 0 Å². The summed E-state index contributed by atoms with van der Waals surface area (Å²) in [6, 6.07) is 4.23. The average Bonchev–Trinajstić information content (AvgIpc) is 2.58. The van der Waals surface area contributed by atoms with E-state index in [0.717, 1.165) is 24.3 Å². The largest absolute Gasteiger partial charge is 0.468 e. The van der Waals surface area contributed by atoms with Gasteiger partial charge in [0, 0.05) is 6.54 Å². The van der Waals surface area contributed by atoms with E-state index in [0.29, 0.717) is 6.04 Å². The second-order valence-corrected chi connectivity index (χ2v) is 3.31. The second-order valence-electron chi connectivity index (χ2n) is 3.31. The van der Waals surface area contributed by atoms with Crippen molar-refractivity contribution in [2.75, 3.05) is 6.54 Å². The summed E-state index contributed by atoms with van der Waals surface area (Å²) < 4.78 is 5.33. The van der Waals surface area contributed by atoms with Gasteiger partial charge in [0.25, 0.3) is 0 Å². The van der Waals surface area contributed by atoms with Crippen molar-refractivity contribution < 1.29 is 4.42 Å². The molecule has 1 atom stereocenters. The van der Waals surface area contributed by atoms with E-state index in [-0.39, 0.29) is 0 Å². The first-order valence-electron chi connectivity index (χ1n) is 4.65. The first-order chi connectivity index (χ1) is 6.24. The highest BCUT2D eigenvalue weighted by atomic mass is 16.3. The molecule has 72 valence electrons. The van der Waals surface area contributed by atoms with Gasteiger partial charge in [-0.3, -0.25) is 0 Å². The Balaban J connectivity index is 2.49. The predicted molar refractivity (Wildman–Crippen MR) is 54.6 cm³/mol. The summed E-state index contributed by atoms with van der Waals surface area (Å²) in [5.74, 6) is 1.00. The Morgan fingerprint density at radius 2 is 2.46 bits per heavy atom. The lowest BCUT2D eigenvalue weighted by Gasteiger charge is -2.13. The van der Waals surface area contributed by atoms with Crippen molar-refractivity contribution in [1.29, 1.82) is 0 Å². The molecule has 0 bridgehead atoms. The highest BCUT2D eigenvalue weighted by Gasteiger charge is 2.10. The van der Waals surface area contributed by atoms with Crippen LogP contribution in [-0.2, 0) is 0 Å². The Labute approximate surface area is 79.6 Å². The van der Waals surface area contributed by atoms with Gasteiger partial charge in [0.1, 0.15) is 5.76 Å². The van der Waals surface area contributed by atoms with Gasteiger partial charge in [0.05, 0.1) is 12.3 Å². The molecule has 2 heteroatoms. The maximum atomic E-state index is 5.33. The van der Waals surface area contributed by atoms with Gasteiger partial charge >= 0.3 is 0 Å². The third kappa shape index (κ3) is 3.07. The molecule has 2 nitrogen and oxygen atoms in total. The third-order valence-electron chi connectivity index (χ3n) is 1.95. The molecule has 0 aliphatic heterocycles. The molecule has 1 aromatic heterocycles. The van der Waals surface area contributed by atoms with Gasteiger partial charge in [0.2, 0.25) is 0 Å². The summed E-state index contributed by atoms with van der Waals surface area (Å²) in [6.45, 7) is 8.85. The lowest BCUT2D eigenvalue weighted by atomic mass is 10.1. The predicted octanol–water partition coefficient (Wildman–Crippen LogP) is 2.90. The maximum absolute atomic E-state index is 5.33. The average molecular weight is 179 g/mol. The first kappa shape index (κ1) is 10.1. The second kappa shape index (κ2) is 4.87. The zero-order valence-electron chi connectivity index (χ0n) is 8.34. The molecule has 0 spiro atoms. The minimum absolute atomic E-state index is 0.312. The molecule has 0 fully saturated rings. The normalized spacial score (nSPS) is 12.8. The molecule has 0 saturated carbocycles. The Hall–Kier alpha value is -1.02. The fourth-order valence-corrected chi connectivity index (χ4v) is 1.23.